The smallest absolute Gasteiger partial charge is 0.191 e. The first kappa shape index (κ1) is 16.3. The number of nitrogens with one attached hydrogen (secondary N) is 2. The van der Waals surface area contributed by atoms with Crippen molar-refractivity contribution in [2.75, 3.05) is 6.54 Å². The molecule has 0 spiro atoms. The van der Waals surface area contributed by atoms with Gasteiger partial charge in [-0.1, -0.05) is 36.4 Å². The van der Waals surface area contributed by atoms with E-state index >= 15 is 0 Å². The van der Waals surface area contributed by atoms with Crippen LogP contribution in [-0.2, 0) is 19.5 Å². The molecule has 2 aromatic heterocycles. The maximum Gasteiger partial charge on any atom is 0.191 e. The summed E-state index contributed by atoms with van der Waals surface area (Å²) in [6.45, 7) is 2.21. The molecule has 5 heteroatoms. The van der Waals surface area contributed by atoms with Crippen LogP contribution in [-0.4, -0.2) is 12.5 Å². The summed E-state index contributed by atoms with van der Waals surface area (Å²) in [6, 6.07) is 18.3. The fraction of sp³-hybridized carbons (Fsp3) is 0.211. The Bertz CT molecular complexity index is 721. The maximum atomic E-state index is 5.36. The number of thiophene rings is 1. The highest BCUT2D eigenvalue weighted by atomic mass is 32.1. The van der Waals surface area contributed by atoms with E-state index in [1.165, 1.54) is 10.4 Å². The Morgan fingerprint density at radius 2 is 1.92 bits per heavy atom. The van der Waals surface area contributed by atoms with Crippen LogP contribution in [0.25, 0.3) is 0 Å². The Balaban J connectivity index is 1.56. The predicted octanol–water partition coefficient (Wildman–Crippen LogP) is 3.82. The average Bonchev–Trinajstić information content (AvgIpc) is 3.31. The van der Waals surface area contributed by atoms with E-state index in [-0.39, 0.29) is 0 Å². The van der Waals surface area contributed by atoms with E-state index < -0.39 is 0 Å². The molecule has 1 aromatic carbocycles. The van der Waals surface area contributed by atoms with E-state index in [2.05, 4.69) is 45.3 Å². The summed E-state index contributed by atoms with van der Waals surface area (Å²) in [6.07, 6.45) is 2.53. The van der Waals surface area contributed by atoms with Crippen molar-refractivity contribution in [3.8, 4) is 0 Å². The van der Waals surface area contributed by atoms with Gasteiger partial charge in [0.2, 0.25) is 0 Å². The minimum Gasteiger partial charge on any atom is -0.469 e. The lowest BCUT2D eigenvalue weighted by Crippen LogP contribution is -2.37. The number of guanidine groups is 1. The van der Waals surface area contributed by atoms with Crippen LogP contribution in [0.4, 0.5) is 0 Å². The molecule has 0 saturated heterocycles. The minimum atomic E-state index is 0.654. The molecule has 2 heterocycles. The Morgan fingerprint density at radius 3 is 2.67 bits per heavy atom. The summed E-state index contributed by atoms with van der Waals surface area (Å²) in [4.78, 5) is 5.97. The molecule has 24 heavy (non-hydrogen) atoms. The number of aliphatic imine (C=N–C) groups is 1. The Kier molecular flexibility index (Phi) is 6.08. The summed E-state index contributed by atoms with van der Waals surface area (Å²) >= 11 is 1.74. The summed E-state index contributed by atoms with van der Waals surface area (Å²) in [5, 5.41) is 8.85. The number of rotatable bonds is 7. The molecule has 0 amide bonds. The van der Waals surface area contributed by atoms with E-state index in [1.807, 2.05) is 30.3 Å². The van der Waals surface area contributed by atoms with Crippen molar-refractivity contribution in [1.29, 1.82) is 0 Å². The lowest BCUT2D eigenvalue weighted by molar-refractivity contribution is 0.506. The third-order valence-corrected chi connectivity index (χ3v) is 4.39. The fourth-order valence-electron chi connectivity index (χ4n) is 2.27. The molecular weight excluding hydrogens is 318 g/mol. The fourth-order valence-corrected chi connectivity index (χ4v) is 2.92. The van der Waals surface area contributed by atoms with Crippen molar-refractivity contribution in [3.63, 3.8) is 0 Å². The molecule has 0 fully saturated rings. The van der Waals surface area contributed by atoms with Crippen molar-refractivity contribution in [2.45, 2.75) is 19.5 Å². The number of hydrogen-bond donors (Lipinski definition) is 2. The molecule has 3 rings (SSSR count). The van der Waals surface area contributed by atoms with Gasteiger partial charge in [-0.3, -0.25) is 0 Å². The van der Waals surface area contributed by atoms with Crippen LogP contribution in [0.3, 0.4) is 0 Å². The van der Waals surface area contributed by atoms with Gasteiger partial charge in [-0.2, -0.15) is 0 Å². The summed E-state index contributed by atoms with van der Waals surface area (Å²) in [5.74, 6) is 1.79. The topological polar surface area (TPSA) is 49.6 Å². The van der Waals surface area contributed by atoms with Crippen molar-refractivity contribution in [3.05, 3.63) is 82.4 Å². The number of nitrogens with zero attached hydrogens (tertiary/aromatic N) is 1. The van der Waals surface area contributed by atoms with Gasteiger partial charge < -0.3 is 15.1 Å². The number of hydrogen-bond acceptors (Lipinski definition) is 3. The SMILES string of the molecule is c1ccc(CN=C(NCCc2ccco2)NCc2cccs2)cc1. The lowest BCUT2D eigenvalue weighted by Gasteiger charge is -2.11. The molecule has 3 aromatic rings. The van der Waals surface area contributed by atoms with Crippen molar-refractivity contribution < 1.29 is 4.42 Å². The van der Waals surface area contributed by atoms with Gasteiger partial charge in [-0.25, -0.2) is 4.99 Å². The monoisotopic (exact) mass is 339 g/mol. The maximum absolute atomic E-state index is 5.36. The molecule has 0 aliphatic heterocycles. The second-order valence-electron chi connectivity index (χ2n) is 5.34. The normalized spacial score (nSPS) is 11.4. The van der Waals surface area contributed by atoms with Crippen LogP contribution >= 0.6 is 11.3 Å². The average molecular weight is 339 g/mol. The molecular formula is C19H21N3OS. The molecule has 0 bridgehead atoms. The molecule has 0 atom stereocenters. The largest absolute Gasteiger partial charge is 0.469 e. The van der Waals surface area contributed by atoms with Crippen LogP contribution in [0.15, 0.2) is 75.7 Å². The third kappa shape index (κ3) is 5.28. The molecule has 0 radical (unpaired) electrons. The van der Waals surface area contributed by atoms with E-state index in [0.29, 0.717) is 6.54 Å². The van der Waals surface area contributed by atoms with Crippen LogP contribution in [0.1, 0.15) is 16.2 Å². The quantitative estimate of drug-likeness (QED) is 0.508. The zero-order chi connectivity index (χ0) is 16.5. The van der Waals surface area contributed by atoms with Gasteiger partial charge in [0.1, 0.15) is 5.76 Å². The zero-order valence-electron chi connectivity index (χ0n) is 13.4. The Morgan fingerprint density at radius 1 is 1.00 bits per heavy atom. The molecule has 2 N–H and O–H groups in total. The van der Waals surface area contributed by atoms with Gasteiger partial charge in [0.15, 0.2) is 5.96 Å². The number of benzene rings is 1. The second-order valence-corrected chi connectivity index (χ2v) is 6.37. The molecule has 4 nitrogen and oxygen atoms in total. The van der Waals surface area contributed by atoms with Gasteiger partial charge >= 0.3 is 0 Å². The first-order valence-corrected chi connectivity index (χ1v) is 8.89. The highest BCUT2D eigenvalue weighted by molar-refractivity contribution is 7.09. The minimum absolute atomic E-state index is 0.654. The van der Waals surface area contributed by atoms with Gasteiger partial charge in [0.25, 0.3) is 0 Å². The molecule has 124 valence electrons. The van der Waals surface area contributed by atoms with Gasteiger partial charge in [-0.05, 0) is 29.1 Å². The van der Waals surface area contributed by atoms with Crippen LogP contribution in [0.5, 0.6) is 0 Å². The standard InChI is InChI=1S/C19H21N3OS/c1-2-6-16(7-3-1)14-21-19(22-15-18-9-5-13-24-18)20-11-10-17-8-4-12-23-17/h1-9,12-13H,10-11,14-15H2,(H2,20,21,22). The molecule has 0 aliphatic carbocycles. The Hall–Kier alpha value is -2.53. The van der Waals surface area contributed by atoms with Crippen LogP contribution in [0, 0.1) is 0 Å². The van der Waals surface area contributed by atoms with Gasteiger partial charge in [0, 0.05) is 17.8 Å². The third-order valence-electron chi connectivity index (χ3n) is 3.52. The van der Waals surface area contributed by atoms with Gasteiger partial charge in [-0.15, -0.1) is 11.3 Å². The summed E-state index contributed by atoms with van der Waals surface area (Å²) < 4.78 is 5.36. The van der Waals surface area contributed by atoms with Crippen LogP contribution in [0.2, 0.25) is 0 Å². The Labute approximate surface area is 146 Å². The van der Waals surface area contributed by atoms with E-state index in [9.17, 15) is 0 Å². The van der Waals surface area contributed by atoms with Crippen molar-refractivity contribution in [1.82, 2.24) is 10.6 Å². The zero-order valence-corrected chi connectivity index (χ0v) is 14.3. The van der Waals surface area contributed by atoms with Crippen molar-refractivity contribution >= 4 is 17.3 Å². The van der Waals surface area contributed by atoms with Gasteiger partial charge in [0.05, 0.1) is 19.4 Å². The molecule has 0 unspecified atom stereocenters. The van der Waals surface area contributed by atoms with E-state index in [0.717, 1.165) is 31.2 Å². The number of furan rings is 1. The molecule has 0 saturated carbocycles. The van der Waals surface area contributed by atoms with Crippen molar-refractivity contribution in [2.24, 2.45) is 4.99 Å². The van der Waals surface area contributed by atoms with Crippen LogP contribution < -0.4 is 10.6 Å². The molecule has 0 aliphatic rings. The summed E-state index contributed by atoms with van der Waals surface area (Å²) in [7, 11) is 0. The van der Waals surface area contributed by atoms with E-state index in [4.69, 9.17) is 4.42 Å². The summed E-state index contributed by atoms with van der Waals surface area (Å²) in [5.41, 5.74) is 1.20. The van der Waals surface area contributed by atoms with E-state index in [1.54, 1.807) is 17.6 Å². The highest BCUT2D eigenvalue weighted by Crippen LogP contribution is 2.07. The second kappa shape index (κ2) is 8.93. The predicted molar refractivity (Wildman–Crippen MR) is 99.2 cm³/mol. The first-order valence-electron chi connectivity index (χ1n) is 8.01. The lowest BCUT2D eigenvalue weighted by atomic mass is 10.2. The first-order chi connectivity index (χ1) is 11.9. The highest BCUT2D eigenvalue weighted by Gasteiger charge is 2.02.